The number of anilines is 1. The van der Waals surface area contributed by atoms with Crippen LogP contribution in [0, 0.1) is 12.7 Å². The minimum absolute atomic E-state index is 0.312. The van der Waals surface area contributed by atoms with Crippen molar-refractivity contribution in [2.24, 2.45) is 0 Å². The van der Waals surface area contributed by atoms with Crippen LogP contribution in [0.15, 0.2) is 30.3 Å². The average Bonchev–Trinajstić information content (AvgIpc) is 2.79. The maximum Gasteiger partial charge on any atom is 0.248 e. The van der Waals surface area contributed by atoms with Crippen molar-refractivity contribution >= 4 is 29.3 Å². The summed E-state index contributed by atoms with van der Waals surface area (Å²) in [6.45, 7) is 4.71. The van der Waals surface area contributed by atoms with Gasteiger partial charge in [0.2, 0.25) is 5.91 Å². The number of hydrogen-bond donors (Lipinski definition) is 1. The molecule has 1 aromatic heterocycles. The molecule has 4 nitrogen and oxygen atoms in total. The Morgan fingerprint density at radius 1 is 1.39 bits per heavy atom. The molecule has 1 heterocycles. The minimum atomic E-state index is -0.347. The van der Waals surface area contributed by atoms with Crippen LogP contribution in [-0.4, -0.2) is 15.7 Å². The van der Waals surface area contributed by atoms with Crippen LogP contribution in [0.4, 0.5) is 10.1 Å². The van der Waals surface area contributed by atoms with E-state index in [-0.39, 0.29) is 11.7 Å². The molecule has 2 aromatic rings. The molecule has 1 N–H and O–H groups in total. The number of unbranched alkanes of at least 4 members (excludes halogenated alkanes) is 1. The second kappa shape index (κ2) is 7.92. The van der Waals surface area contributed by atoms with Gasteiger partial charge in [0.25, 0.3) is 0 Å². The smallest absolute Gasteiger partial charge is 0.248 e. The van der Waals surface area contributed by atoms with E-state index in [0.717, 1.165) is 30.6 Å². The molecule has 23 heavy (non-hydrogen) atoms. The van der Waals surface area contributed by atoms with Gasteiger partial charge in [0.1, 0.15) is 11.0 Å². The van der Waals surface area contributed by atoms with Crippen LogP contribution >= 0.6 is 11.6 Å². The third kappa shape index (κ3) is 4.66. The summed E-state index contributed by atoms with van der Waals surface area (Å²) in [5.74, 6) is -0.658. The maximum atomic E-state index is 12.8. The van der Waals surface area contributed by atoms with Gasteiger partial charge in [0, 0.05) is 23.9 Å². The number of aryl methyl sites for hydroxylation is 2. The van der Waals surface area contributed by atoms with Gasteiger partial charge in [-0.1, -0.05) is 24.9 Å². The Kier molecular flexibility index (Phi) is 5.93. The summed E-state index contributed by atoms with van der Waals surface area (Å²) >= 11 is 6.30. The lowest BCUT2D eigenvalue weighted by Gasteiger charge is -2.02. The first-order valence-electron chi connectivity index (χ1n) is 7.48. The zero-order chi connectivity index (χ0) is 16.8. The highest BCUT2D eigenvalue weighted by Crippen LogP contribution is 2.21. The molecule has 0 radical (unpaired) electrons. The quantitative estimate of drug-likeness (QED) is 0.793. The standard InChI is InChI=1S/C17H19ClFN3O/c1-3-4-11-22-17(18)15(12(2)21-22)9-10-16(23)20-14-7-5-13(19)6-8-14/h5-10H,3-4,11H2,1-2H3,(H,20,23)/b10-9+. The molecule has 0 aliphatic carbocycles. The molecule has 0 unspecified atom stereocenters. The van der Waals surface area contributed by atoms with Crippen molar-refractivity contribution in [1.82, 2.24) is 9.78 Å². The van der Waals surface area contributed by atoms with E-state index < -0.39 is 0 Å². The fourth-order valence-electron chi connectivity index (χ4n) is 2.09. The molecule has 0 saturated heterocycles. The Morgan fingerprint density at radius 2 is 2.09 bits per heavy atom. The number of carbonyl (C=O) groups excluding carboxylic acids is 1. The zero-order valence-corrected chi connectivity index (χ0v) is 13.9. The summed E-state index contributed by atoms with van der Waals surface area (Å²) < 4.78 is 14.6. The minimum Gasteiger partial charge on any atom is -0.323 e. The van der Waals surface area contributed by atoms with Crippen LogP contribution in [0.5, 0.6) is 0 Å². The van der Waals surface area contributed by atoms with E-state index >= 15 is 0 Å². The van der Waals surface area contributed by atoms with Gasteiger partial charge in [-0.3, -0.25) is 9.48 Å². The molecule has 1 amide bonds. The summed E-state index contributed by atoms with van der Waals surface area (Å²) in [5.41, 5.74) is 2.04. The van der Waals surface area contributed by atoms with E-state index in [1.807, 2.05) is 6.92 Å². The van der Waals surface area contributed by atoms with E-state index in [2.05, 4.69) is 17.3 Å². The summed E-state index contributed by atoms with van der Waals surface area (Å²) in [6.07, 6.45) is 5.09. The van der Waals surface area contributed by atoms with E-state index in [1.165, 1.54) is 30.3 Å². The normalized spacial score (nSPS) is 11.1. The topological polar surface area (TPSA) is 46.9 Å². The van der Waals surface area contributed by atoms with Gasteiger partial charge in [0.15, 0.2) is 0 Å². The molecule has 0 spiro atoms. The number of benzene rings is 1. The van der Waals surface area contributed by atoms with Gasteiger partial charge in [-0.2, -0.15) is 5.10 Å². The van der Waals surface area contributed by atoms with Gasteiger partial charge >= 0.3 is 0 Å². The fraction of sp³-hybridized carbons (Fsp3) is 0.294. The van der Waals surface area contributed by atoms with Crippen LogP contribution in [0.1, 0.15) is 31.0 Å². The third-order valence-corrected chi connectivity index (χ3v) is 3.74. The van der Waals surface area contributed by atoms with Crippen LogP contribution in [0.3, 0.4) is 0 Å². The molecule has 0 aliphatic rings. The van der Waals surface area contributed by atoms with Crippen molar-refractivity contribution in [3.8, 4) is 0 Å². The van der Waals surface area contributed by atoms with Crippen molar-refractivity contribution < 1.29 is 9.18 Å². The largest absolute Gasteiger partial charge is 0.323 e. The molecule has 0 fully saturated rings. The van der Waals surface area contributed by atoms with Crippen molar-refractivity contribution in [3.05, 3.63) is 52.6 Å². The van der Waals surface area contributed by atoms with Crippen LogP contribution in [0.2, 0.25) is 5.15 Å². The molecule has 0 aliphatic heterocycles. The highest BCUT2D eigenvalue weighted by atomic mass is 35.5. The molecular weight excluding hydrogens is 317 g/mol. The van der Waals surface area contributed by atoms with E-state index in [1.54, 1.807) is 10.8 Å². The number of halogens is 2. The lowest BCUT2D eigenvalue weighted by molar-refractivity contribution is -0.111. The Hall–Kier alpha value is -2.14. The zero-order valence-electron chi connectivity index (χ0n) is 13.1. The molecule has 122 valence electrons. The number of nitrogens with zero attached hydrogens (tertiary/aromatic N) is 2. The average molecular weight is 336 g/mol. The lowest BCUT2D eigenvalue weighted by atomic mass is 10.2. The molecule has 0 saturated carbocycles. The number of rotatable bonds is 6. The van der Waals surface area contributed by atoms with Gasteiger partial charge in [0.05, 0.1) is 5.69 Å². The first-order chi connectivity index (χ1) is 11.0. The predicted octanol–water partition coefficient (Wildman–Crippen LogP) is 4.44. The summed E-state index contributed by atoms with van der Waals surface area (Å²) in [6, 6.07) is 5.58. The van der Waals surface area contributed by atoms with Crippen LogP contribution in [-0.2, 0) is 11.3 Å². The van der Waals surface area contributed by atoms with Crippen LogP contribution in [0.25, 0.3) is 6.08 Å². The Morgan fingerprint density at radius 3 is 2.74 bits per heavy atom. The summed E-state index contributed by atoms with van der Waals surface area (Å²) in [5, 5.41) is 7.57. The second-order valence-corrected chi connectivity index (χ2v) is 5.55. The Bertz CT molecular complexity index is 707. The molecule has 6 heteroatoms. The molecule has 1 aromatic carbocycles. The number of hydrogen-bond acceptors (Lipinski definition) is 2. The van der Waals surface area contributed by atoms with Crippen molar-refractivity contribution in [2.45, 2.75) is 33.2 Å². The predicted molar refractivity (Wildman–Crippen MR) is 90.9 cm³/mol. The summed E-state index contributed by atoms with van der Waals surface area (Å²) in [7, 11) is 0. The number of aromatic nitrogens is 2. The Balaban J connectivity index is 2.05. The SMILES string of the molecule is CCCCn1nc(C)c(/C=C/C(=O)Nc2ccc(F)cc2)c1Cl. The van der Waals surface area contributed by atoms with Crippen molar-refractivity contribution in [3.63, 3.8) is 0 Å². The number of amides is 1. The maximum absolute atomic E-state index is 12.8. The first-order valence-corrected chi connectivity index (χ1v) is 7.86. The summed E-state index contributed by atoms with van der Waals surface area (Å²) in [4.78, 5) is 11.9. The van der Waals surface area contributed by atoms with E-state index in [4.69, 9.17) is 11.6 Å². The van der Waals surface area contributed by atoms with E-state index in [9.17, 15) is 9.18 Å². The van der Waals surface area contributed by atoms with Gasteiger partial charge in [-0.25, -0.2) is 4.39 Å². The fourth-order valence-corrected chi connectivity index (χ4v) is 2.41. The van der Waals surface area contributed by atoms with Crippen LogP contribution < -0.4 is 5.32 Å². The van der Waals surface area contributed by atoms with E-state index in [0.29, 0.717) is 10.8 Å². The van der Waals surface area contributed by atoms with Crippen molar-refractivity contribution in [2.75, 3.05) is 5.32 Å². The molecular formula is C17H19ClFN3O. The Labute approximate surface area is 140 Å². The highest BCUT2D eigenvalue weighted by Gasteiger charge is 2.11. The molecule has 2 rings (SSSR count). The van der Waals surface area contributed by atoms with Crippen molar-refractivity contribution in [1.29, 1.82) is 0 Å². The third-order valence-electron chi connectivity index (χ3n) is 3.35. The molecule has 0 bridgehead atoms. The lowest BCUT2D eigenvalue weighted by Crippen LogP contribution is -2.07. The first kappa shape index (κ1) is 17.2. The van der Waals surface area contributed by atoms with Gasteiger partial charge in [-0.15, -0.1) is 0 Å². The van der Waals surface area contributed by atoms with Gasteiger partial charge in [-0.05, 0) is 43.7 Å². The monoisotopic (exact) mass is 335 g/mol. The second-order valence-electron chi connectivity index (χ2n) is 5.20. The number of nitrogens with one attached hydrogen (secondary N) is 1. The van der Waals surface area contributed by atoms with Gasteiger partial charge < -0.3 is 5.32 Å². The number of carbonyl (C=O) groups is 1. The molecule has 0 atom stereocenters. The highest BCUT2D eigenvalue weighted by molar-refractivity contribution is 6.31.